The maximum Gasteiger partial charge on any atom is 0.269 e. The van der Waals surface area contributed by atoms with E-state index in [9.17, 15) is 20.2 Å². The molecule has 0 amide bonds. The van der Waals surface area contributed by atoms with Crippen LogP contribution in [-0.4, -0.2) is 31.0 Å². The van der Waals surface area contributed by atoms with E-state index in [1.54, 1.807) is 30.3 Å². The number of non-ortho nitro benzene ring substituents is 2. The van der Waals surface area contributed by atoms with Crippen LogP contribution in [0, 0.1) is 26.0 Å². The molecule has 0 spiro atoms. The topological polar surface area (TPSA) is 92.8 Å². The summed E-state index contributed by atoms with van der Waals surface area (Å²) in [5.41, 5.74) is 3.21. The first kappa shape index (κ1) is 25.8. The van der Waals surface area contributed by atoms with Crippen molar-refractivity contribution in [2.45, 2.75) is 50.1 Å². The van der Waals surface area contributed by atoms with Gasteiger partial charge in [0.15, 0.2) is 0 Å². The van der Waals surface area contributed by atoms with Gasteiger partial charge in [0.25, 0.3) is 11.4 Å². The first-order valence-electron chi connectivity index (χ1n) is 12.9. The summed E-state index contributed by atoms with van der Waals surface area (Å²) in [6.45, 7) is 6.51. The number of nitrogens with zero attached hydrogens (tertiary/aromatic N) is 4. The second kappa shape index (κ2) is 10.2. The lowest BCUT2D eigenvalue weighted by Gasteiger charge is -2.38. The zero-order valence-corrected chi connectivity index (χ0v) is 22.5. The molecule has 0 aromatic heterocycles. The number of hydrogen-bond acceptors (Lipinski definition) is 6. The van der Waals surface area contributed by atoms with Gasteiger partial charge in [-0.2, -0.15) is 0 Å². The number of halogens is 1. The van der Waals surface area contributed by atoms with E-state index in [2.05, 4.69) is 22.9 Å². The standard InChI is InChI=1S/C28H31FN4O4Si/c1-38(2)17-15-30(16-18-38)28-12-11-24(19-25(28)29)31-26(20-3-7-22(8-4-20)32(34)35)13-14-27(31)21-5-9-23(10-6-21)33(36)37/h3-12,19,26-27H,13-18H2,1-2H3/t26-,27-/m1/s1. The number of rotatable bonds is 6. The fourth-order valence-corrected chi connectivity index (χ4v) is 7.73. The second-order valence-corrected chi connectivity index (χ2v) is 16.3. The summed E-state index contributed by atoms with van der Waals surface area (Å²) >= 11 is 0. The van der Waals surface area contributed by atoms with Crippen LogP contribution in [0.15, 0.2) is 66.7 Å². The summed E-state index contributed by atoms with van der Waals surface area (Å²) in [6.07, 6.45) is 1.52. The maximum atomic E-state index is 15.6. The van der Waals surface area contributed by atoms with Crippen LogP contribution in [0.25, 0.3) is 0 Å². The number of anilines is 2. The summed E-state index contributed by atoms with van der Waals surface area (Å²) in [7, 11) is -1.19. The SMILES string of the molecule is C[Si]1(C)CCN(c2ccc(N3[C@@H](c4ccc([N+](=O)[O-])cc4)CC[C@@H]3c3ccc([N+](=O)[O-])cc3)cc2F)CC1. The van der Waals surface area contributed by atoms with Crippen molar-refractivity contribution in [2.75, 3.05) is 22.9 Å². The van der Waals surface area contributed by atoms with Crippen LogP contribution in [0.1, 0.15) is 36.1 Å². The van der Waals surface area contributed by atoms with Crippen molar-refractivity contribution in [3.8, 4) is 0 Å². The minimum absolute atomic E-state index is 0.0217. The Morgan fingerprint density at radius 2 is 1.26 bits per heavy atom. The number of nitro benzene ring substituents is 2. The van der Waals surface area contributed by atoms with E-state index in [0.29, 0.717) is 5.69 Å². The zero-order chi connectivity index (χ0) is 27.0. The quantitative estimate of drug-likeness (QED) is 0.188. The normalized spacial score (nSPS) is 20.9. The second-order valence-electron chi connectivity index (χ2n) is 11.0. The van der Waals surface area contributed by atoms with Crippen LogP contribution in [0.5, 0.6) is 0 Å². The Labute approximate surface area is 222 Å². The molecule has 38 heavy (non-hydrogen) atoms. The molecular formula is C28H31FN4O4Si. The smallest absolute Gasteiger partial charge is 0.269 e. The molecule has 2 heterocycles. The van der Waals surface area contributed by atoms with Crippen molar-refractivity contribution in [3.05, 3.63) is 104 Å². The summed E-state index contributed by atoms with van der Waals surface area (Å²) in [4.78, 5) is 25.8. The van der Waals surface area contributed by atoms with Crippen molar-refractivity contribution in [2.24, 2.45) is 0 Å². The van der Waals surface area contributed by atoms with Gasteiger partial charge in [-0.25, -0.2) is 4.39 Å². The third kappa shape index (κ3) is 5.13. The lowest BCUT2D eigenvalue weighted by molar-refractivity contribution is -0.385. The zero-order valence-electron chi connectivity index (χ0n) is 21.5. The Kier molecular flexibility index (Phi) is 6.91. The maximum absolute atomic E-state index is 15.6. The Morgan fingerprint density at radius 3 is 1.68 bits per heavy atom. The van der Waals surface area contributed by atoms with Gasteiger partial charge in [-0.05, 0) is 54.3 Å². The van der Waals surface area contributed by atoms with Gasteiger partial charge in [0.05, 0.1) is 35.7 Å². The van der Waals surface area contributed by atoms with Crippen LogP contribution >= 0.6 is 0 Å². The average molecular weight is 535 g/mol. The largest absolute Gasteiger partial charge is 0.370 e. The van der Waals surface area contributed by atoms with Crippen molar-refractivity contribution >= 4 is 30.8 Å². The first-order valence-corrected chi connectivity index (χ1v) is 16.4. The molecule has 8 nitrogen and oxygen atoms in total. The highest BCUT2D eigenvalue weighted by atomic mass is 28.3. The monoisotopic (exact) mass is 534 g/mol. The Balaban J connectivity index is 1.49. The molecule has 0 radical (unpaired) electrons. The van der Waals surface area contributed by atoms with Crippen molar-refractivity contribution in [1.82, 2.24) is 0 Å². The summed E-state index contributed by atoms with van der Waals surface area (Å²) < 4.78 is 15.6. The van der Waals surface area contributed by atoms with Gasteiger partial charge in [-0.15, -0.1) is 0 Å². The van der Waals surface area contributed by atoms with Crippen molar-refractivity contribution < 1.29 is 14.2 Å². The van der Waals surface area contributed by atoms with Gasteiger partial charge in [-0.1, -0.05) is 37.4 Å². The first-order chi connectivity index (χ1) is 18.1. The molecule has 0 unspecified atom stereocenters. The van der Waals surface area contributed by atoms with Gasteiger partial charge < -0.3 is 9.80 Å². The molecule has 0 N–H and O–H groups in total. The molecule has 10 heteroatoms. The van der Waals surface area contributed by atoms with E-state index in [0.717, 1.165) is 54.8 Å². The summed E-state index contributed by atoms with van der Waals surface area (Å²) in [5.74, 6) is -0.263. The van der Waals surface area contributed by atoms with Gasteiger partial charge >= 0.3 is 0 Å². The molecule has 3 aromatic rings. The van der Waals surface area contributed by atoms with E-state index in [1.165, 1.54) is 24.3 Å². The number of hydrogen-bond donors (Lipinski definition) is 0. The molecule has 2 saturated heterocycles. The van der Waals surface area contributed by atoms with Crippen LogP contribution in [0.2, 0.25) is 25.2 Å². The Bertz CT molecular complexity index is 1270. The number of nitro groups is 2. The highest BCUT2D eigenvalue weighted by Gasteiger charge is 2.36. The predicted molar refractivity (Wildman–Crippen MR) is 149 cm³/mol. The Morgan fingerprint density at radius 1 is 0.789 bits per heavy atom. The molecular weight excluding hydrogens is 503 g/mol. The van der Waals surface area contributed by atoms with Gasteiger partial charge in [0.2, 0.25) is 0 Å². The minimum Gasteiger partial charge on any atom is -0.370 e. The molecule has 2 atom stereocenters. The molecule has 3 aromatic carbocycles. The van der Waals surface area contributed by atoms with E-state index in [4.69, 9.17) is 0 Å². The third-order valence-corrected chi connectivity index (χ3v) is 11.2. The van der Waals surface area contributed by atoms with Gasteiger partial charge in [0.1, 0.15) is 5.82 Å². The molecule has 198 valence electrons. The number of benzene rings is 3. The summed E-state index contributed by atoms with van der Waals surface area (Å²) in [5, 5.41) is 22.3. The predicted octanol–water partition coefficient (Wildman–Crippen LogP) is 7.25. The van der Waals surface area contributed by atoms with Crippen LogP contribution in [0.4, 0.5) is 27.1 Å². The highest BCUT2D eigenvalue weighted by molar-refractivity contribution is 6.77. The van der Waals surface area contributed by atoms with E-state index in [1.807, 2.05) is 12.1 Å². The fraction of sp³-hybridized carbons (Fsp3) is 0.357. The van der Waals surface area contributed by atoms with Crippen molar-refractivity contribution in [3.63, 3.8) is 0 Å². The van der Waals surface area contributed by atoms with Crippen LogP contribution in [0.3, 0.4) is 0 Å². The van der Waals surface area contributed by atoms with Gasteiger partial charge in [-0.3, -0.25) is 20.2 Å². The van der Waals surface area contributed by atoms with E-state index >= 15 is 4.39 Å². The third-order valence-electron chi connectivity index (χ3n) is 8.05. The Hall–Kier alpha value is -3.79. The molecule has 2 aliphatic heterocycles. The van der Waals surface area contributed by atoms with Crippen molar-refractivity contribution in [1.29, 1.82) is 0 Å². The molecule has 0 bridgehead atoms. The molecule has 0 saturated carbocycles. The lowest BCUT2D eigenvalue weighted by atomic mass is 10.0. The minimum atomic E-state index is -1.19. The van der Waals surface area contributed by atoms with E-state index in [-0.39, 0.29) is 29.3 Å². The molecule has 2 aliphatic rings. The molecule has 5 rings (SSSR count). The van der Waals surface area contributed by atoms with E-state index < -0.39 is 17.9 Å². The van der Waals surface area contributed by atoms with Crippen LogP contribution in [-0.2, 0) is 0 Å². The lowest BCUT2D eigenvalue weighted by Crippen LogP contribution is -2.43. The highest BCUT2D eigenvalue weighted by Crippen LogP contribution is 2.48. The molecule has 0 aliphatic carbocycles. The average Bonchev–Trinajstić information content (AvgIpc) is 3.34. The summed E-state index contributed by atoms with van der Waals surface area (Å²) in [6, 6.07) is 20.5. The molecule has 2 fully saturated rings. The van der Waals surface area contributed by atoms with Crippen LogP contribution < -0.4 is 9.80 Å². The van der Waals surface area contributed by atoms with Gasteiger partial charge in [0, 0.05) is 43.0 Å². The fourth-order valence-electron chi connectivity index (χ4n) is 5.73.